The fraction of sp³-hybridized carbons (Fsp3) is 0.222. The zero-order chi connectivity index (χ0) is 9.97. The number of nitrogens with zero attached hydrogens (tertiary/aromatic N) is 1. The average Bonchev–Trinajstić information content (AvgIpc) is 2.61. The fourth-order valence-electron chi connectivity index (χ4n) is 1.22. The second-order valence-electron chi connectivity index (χ2n) is 2.83. The van der Waals surface area contributed by atoms with Crippen LogP contribution >= 0.6 is 0 Å². The third-order valence-corrected chi connectivity index (χ3v) is 3.04. The summed E-state index contributed by atoms with van der Waals surface area (Å²) in [6.07, 6.45) is 0. The van der Waals surface area contributed by atoms with Gasteiger partial charge in [0, 0.05) is 11.2 Å². The Morgan fingerprint density at radius 2 is 2.21 bits per heavy atom. The van der Waals surface area contributed by atoms with Crippen LogP contribution in [0.4, 0.5) is 0 Å². The fourth-order valence-corrected chi connectivity index (χ4v) is 2.00. The maximum atomic E-state index is 11.5. The van der Waals surface area contributed by atoms with Crippen molar-refractivity contribution in [3.8, 4) is 0 Å². The molecule has 0 fully saturated rings. The summed E-state index contributed by atoms with van der Waals surface area (Å²) in [6.45, 7) is -0.0936. The number of imidazole rings is 1. The Balaban J connectivity index is 2.35. The Morgan fingerprint density at radius 1 is 1.43 bits per heavy atom. The van der Waals surface area contributed by atoms with Crippen molar-refractivity contribution in [1.29, 1.82) is 0 Å². The van der Waals surface area contributed by atoms with Gasteiger partial charge in [0.05, 0.1) is 17.6 Å². The first-order valence-electron chi connectivity index (χ1n) is 4.25. The molecule has 0 saturated heterocycles. The summed E-state index contributed by atoms with van der Waals surface area (Å²) in [7, 11) is 0. The number of rotatable bonds is 3. The molecule has 0 radical (unpaired) electrons. The van der Waals surface area contributed by atoms with Gasteiger partial charge in [-0.3, -0.25) is 4.98 Å². The molecule has 2 rings (SSSR count). The molecule has 0 aliphatic heterocycles. The second kappa shape index (κ2) is 4.00. The molecule has 0 bridgehead atoms. The van der Waals surface area contributed by atoms with Crippen LogP contribution in [0.3, 0.4) is 0 Å². The highest BCUT2D eigenvalue weighted by molar-refractivity contribution is 7.91. The first-order chi connectivity index (χ1) is 6.81. The van der Waals surface area contributed by atoms with Gasteiger partial charge >= 0.3 is 5.16 Å². The number of aliphatic hydroxyl groups excluding tert-OH is 1. The minimum absolute atomic E-state index is 0.0936. The van der Waals surface area contributed by atoms with Gasteiger partial charge in [0.25, 0.3) is 0 Å². The molecule has 1 heterocycles. The van der Waals surface area contributed by atoms with E-state index in [0.29, 0.717) is 5.16 Å². The molecule has 0 spiro atoms. The van der Waals surface area contributed by atoms with Crippen molar-refractivity contribution in [2.24, 2.45) is 0 Å². The molecule has 1 unspecified atom stereocenters. The van der Waals surface area contributed by atoms with E-state index >= 15 is 0 Å². The number of aromatic nitrogens is 2. The number of hydrogen-bond acceptors (Lipinski definition) is 3. The Morgan fingerprint density at radius 3 is 2.93 bits per heavy atom. The average molecular weight is 210 g/mol. The minimum atomic E-state index is -1.23. The SMILES string of the molecule is [O-][S+](CCO)c1nc2ccccc2[nH]1. The molecule has 14 heavy (non-hydrogen) atoms. The highest BCUT2D eigenvalue weighted by atomic mass is 32.2. The summed E-state index contributed by atoms with van der Waals surface area (Å²) in [4.78, 5) is 7.12. The Hall–Kier alpha value is -1.04. The van der Waals surface area contributed by atoms with E-state index in [0.717, 1.165) is 11.0 Å². The van der Waals surface area contributed by atoms with Crippen molar-refractivity contribution < 1.29 is 9.66 Å². The van der Waals surface area contributed by atoms with Gasteiger partial charge in [0.2, 0.25) is 0 Å². The van der Waals surface area contributed by atoms with Gasteiger partial charge in [0.15, 0.2) is 0 Å². The van der Waals surface area contributed by atoms with Crippen molar-refractivity contribution in [3.05, 3.63) is 24.3 Å². The third-order valence-electron chi connectivity index (χ3n) is 1.86. The van der Waals surface area contributed by atoms with E-state index in [2.05, 4.69) is 9.97 Å². The number of hydrogen-bond donors (Lipinski definition) is 2. The molecule has 0 saturated carbocycles. The van der Waals surface area contributed by atoms with Gasteiger partial charge in [-0.05, 0) is 12.1 Å². The van der Waals surface area contributed by atoms with Crippen LogP contribution in [0.15, 0.2) is 29.4 Å². The summed E-state index contributed by atoms with van der Waals surface area (Å²) < 4.78 is 11.5. The van der Waals surface area contributed by atoms with Crippen LogP contribution in [0.5, 0.6) is 0 Å². The van der Waals surface area contributed by atoms with Crippen LogP contribution < -0.4 is 0 Å². The van der Waals surface area contributed by atoms with Crippen molar-refractivity contribution in [3.63, 3.8) is 0 Å². The molecule has 0 aliphatic carbocycles. The standard InChI is InChI=1S/C9H10N2O2S/c12-5-6-14(13)9-10-7-3-1-2-4-8(7)11-9/h1-4,12H,5-6H2,(H,10,11). The lowest BCUT2D eigenvalue weighted by Crippen LogP contribution is -2.11. The molecule has 1 aromatic heterocycles. The predicted octanol–water partition coefficient (Wildman–Crippen LogP) is 0.663. The first-order valence-corrected chi connectivity index (χ1v) is 5.57. The summed E-state index contributed by atoms with van der Waals surface area (Å²) in [5.41, 5.74) is 1.67. The van der Waals surface area contributed by atoms with Crippen molar-refractivity contribution >= 4 is 22.2 Å². The minimum Gasteiger partial charge on any atom is -0.609 e. The predicted molar refractivity (Wildman–Crippen MR) is 54.5 cm³/mol. The lowest BCUT2D eigenvalue weighted by molar-refractivity contribution is 0.319. The molecule has 0 aliphatic rings. The highest BCUT2D eigenvalue weighted by Gasteiger charge is 2.14. The number of aliphatic hydroxyl groups is 1. The summed E-state index contributed by atoms with van der Waals surface area (Å²) in [5, 5.41) is 9.07. The molecule has 5 heteroatoms. The van der Waals surface area contributed by atoms with Crippen LogP contribution in [0.1, 0.15) is 0 Å². The molecule has 4 nitrogen and oxygen atoms in total. The van der Waals surface area contributed by atoms with E-state index in [-0.39, 0.29) is 12.4 Å². The lowest BCUT2D eigenvalue weighted by Gasteiger charge is -2.03. The number of para-hydroxylation sites is 2. The van der Waals surface area contributed by atoms with Gasteiger partial charge in [-0.1, -0.05) is 12.1 Å². The van der Waals surface area contributed by atoms with Crippen molar-refractivity contribution in [2.75, 3.05) is 12.4 Å². The van der Waals surface area contributed by atoms with E-state index in [1.165, 1.54) is 0 Å². The normalized spacial score (nSPS) is 13.3. The topological polar surface area (TPSA) is 72.0 Å². The lowest BCUT2D eigenvalue weighted by atomic mass is 10.3. The van der Waals surface area contributed by atoms with Crippen LogP contribution in [0.2, 0.25) is 0 Å². The Bertz CT molecular complexity index is 396. The van der Waals surface area contributed by atoms with Crippen LogP contribution in [-0.2, 0) is 11.2 Å². The highest BCUT2D eigenvalue weighted by Crippen LogP contribution is 2.14. The van der Waals surface area contributed by atoms with Gasteiger partial charge in [-0.25, -0.2) is 0 Å². The molecular formula is C9H10N2O2S. The van der Waals surface area contributed by atoms with E-state index < -0.39 is 11.2 Å². The Kier molecular flexibility index (Phi) is 2.72. The van der Waals surface area contributed by atoms with E-state index in [1.54, 1.807) is 0 Å². The molecule has 74 valence electrons. The quantitative estimate of drug-likeness (QED) is 0.731. The van der Waals surface area contributed by atoms with Crippen LogP contribution in [0.25, 0.3) is 11.0 Å². The van der Waals surface area contributed by atoms with E-state index in [1.807, 2.05) is 24.3 Å². The van der Waals surface area contributed by atoms with Crippen molar-refractivity contribution in [1.82, 2.24) is 9.97 Å². The molecule has 0 amide bonds. The van der Waals surface area contributed by atoms with Crippen LogP contribution in [-0.4, -0.2) is 32.0 Å². The van der Waals surface area contributed by atoms with Crippen molar-refractivity contribution in [2.45, 2.75) is 5.16 Å². The molecule has 1 aromatic carbocycles. The van der Waals surface area contributed by atoms with Gasteiger partial charge in [-0.2, -0.15) is 4.98 Å². The summed E-state index contributed by atoms with van der Waals surface area (Å²) in [6, 6.07) is 7.49. The van der Waals surface area contributed by atoms with Gasteiger partial charge in [-0.15, -0.1) is 0 Å². The first kappa shape index (κ1) is 9.51. The second-order valence-corrected chi connectivity index (χ2v) is 4.32. The molecule has 1 atom stereocenters. The monoisotopic (exact) mass is 210 g/mol. The van der Waals surface area contributed by atoms with Gasteiger partial charge in [0.1, 0.15) is 5.75 Å². The van der Waals surface area contributed by atoms with Gasteiger partial charge < -0.3 is 9.66 Å². The zero-order valence-electron chi connectivity index (χ0n) is 7.43. The summed E-state index contributed by atoms with van der Waals surface area (Å²) >= 11 is -1.23. The molecule has 2 N–H and O–H groups in total. The maximum absolute atomic E-state index is 11.5. The number of aromatic amines is 1. The molecular weight excluding hydrogens is 200 g/mol. The number of nitrogens with one attached hydrogen (secondary N) is 1. The Labute approximate surface area is 84.2 Å². The smallest absolute Gasteiger partial charge is 0.321 e. The van der Waals surface area contributed by atoms with Crippen LogP contribution in [0, 0.1) is 0 Å². The van der Waals surface area contributed by atoms with E-state index in [4.69, 9.17) is 5.11 Å². The summed E-state index contributed by atoms with van der Waals surface area (Å²) in [5.74, 6) is 0.222. The third kappa shape index (κ3) is 1.75. The molecule has 2 aromatic rings. The number of benzene rings is 1. The zero-order valence-corrected chi connectivity index (χ0v) is 8.25. The maximum Gasteiger partial charge on any atom is 0.321 e. The number of H-pyrrole nitrogens is 1. The van der Waals surface area contributed by atoms with E-state index in [9.17, 15) is 4.55 Å². The number of fused-ring (bicyclic) bond motifs is 1. The largest absolute Gasteiger partial charge is 0.609 e.